The number of hydrogen-bond acceptors (Lipinski definition) is 5. The zero-order valence-corrected chi connectivity index (χ0v) is 18.7. The van der Waals surface area contributed by atoms with Gasteiger partial charge in [0, 0.05) is 12.1 Å². The summed E-state index contributed by atoms with van der Waals surface area (Å²) in [6.07, 6.45) is -3.96. The average molecular weight is 475 g/mol. The molecular weight excluding hydrogens is 455 g/mol. The van der Waals surface area contributed by atoms with Crippen molar-refractivity contribution in [2.24, 2.45) is 0 Å². The Morgan fingerprint density at radius 2 is 1.85 bits per heavy atom. The van der Waals surface area contributed by atoms with Crippen molar-refractivity contribution in [1.82, 2.24) is 0 Å². The molecule has 0 saturated carbocycles. The van der Waals surface area contributed by atoms with E-state index >= 15 is 0 Å². The third-order valence-corrected chi connectivity index (χ3v) is 6.01. The monoisotopic (exact) mass is 475 g/mol. The summed E-state index contributed by atoms with van der Waals surface area (Å²) in [5, 5.41) is 9.09. The van der Waals surface area contributed by atoms with Crippen molar-refractivity contribution in [1.29, 1.82) is 5.26 Å². The van der Waals surface area contributed by atoms with Gasteiger partial charge in [-0.2, -0.15) is 18.4 Å². The summed E-state index contributed by atoms with van der Waals surface area (Å²) < 4.78 is 51.5. The smallest absolute Gasteiger partial charge is 0.417 e. The third kappa shape index (κ3) is 4.14. The van der Waals surface area contributed by atoms with Crippen LogP contribution in [0.25, 0.3) is 0 Å². The minimum Gasteiger partial charge on any atom is -0.488 e. The lowest BCUT2D eigenvalue weighted by Crippen LogP contribution is -2.44. The molecule has 2 aromatic rings. The van der Waals surface area contributed by atoms with Crippen LogP contribution in [-0.4, -0.2) is 35.9 Å². The number of ether oxygens (including phenoxy) is 2. The lowest BCUT2D eigenvalue weighted by Gasteiger charge is -2.29. The van der Waals surface area contributed by atoms with Crippen LogP contribution in [0.2, 0.25) is 0 Å². The average Bonchev–Trinajstić information content (AvgIpc) is 3.33. The highest BCUT2D eigenvalue weighted by Gasteiger charge is 2.50. The largest absolute Gasteiger partial charge is 0.488 e. The lowest BCUT2D eigenvalue weighted by atomic mass is 10.0. The van der Waals surface area contributed by atoms with E-state index in [2.05, 4.69) is 0 Å². The van der Waals surface area contributed by atoms with E-state index in [4.69, 9.17) is 27.0 Å². The highest BCUT2D eigenvalue weighted by Crippen LogP contribution is 2.40. The van der Waals surface area contributed by atoms with Crippen molar-refractivity contribution in [3.63, 3.8) is 0 Å². The van der Waals surface area contributed by atoms with Crippen LogP contribution < -0.4 is 14.5 Å². The molecule has 0 aromatic heterocycles. The molecule has 0 bridgehead atoms. The number of thiocarbonyl (C=S) groups is 1. The van der Waals surface area contributed by atoms with Gasteiger partial charge in [0.2, 0.25) is 0 Å². The zero-order valence-electron chi connectivity index (χ0n) is 17.8. The summed E-state index contributed by atoms with van der Waals surface area (Å²) in [5.41, 5.74) is -2.24. The molecule has 10 heteroatoms. The molecule has 2 aliphatic rings. The van der Waals surface area contributed by atoms with Crippen LogP contribution in [0.15, 0.2) is 42.5 Å². The maximum atomic E-state index is 13.5. The number of hydrogen-bond donors (Lipinski definition) is 0. The van der Waals surface area contributed by atoms with E-state index in [0.717, 1.165) is 23.5 Å². The molecule has 1 amide bonds. The van der Waals surface area contributed by atoms with Gasteiger partial charge in [0.25, 0.3) is 5.91 Å². The third-order valence-electron chi connectivity index (χ3n) is 5.64. The highest BCUT2D eigenvalue weighted by atomic mass is 32.1. The summed E-state index contributed by atoms with van der Waals surface area (Å²) in [5.74, 6) is 0.163. The topological polar surface area (TPSA) is 65.8 Å². The first-order valence-electron chi connectivity index (χ1n) is 10.2. The molecule has 2 aliphatic heterocycles. The quantitative estimate of drug-likeness (QED) is 0.600. The maximum Gasteiger partial charge on any atom is 0.417 e. The van der Waals surface area contributed by atoms with Gasteiger partial charge >= 0.3 is 6.18 Å². The molecule has 0 N–H and O–H groups in total. The number of rotatable bonds is 4. The summed E-state index contributed by atoms with van der Waals surface area (Å²) >= 11 is 5.54. The van der Waals surface area contributed by atoms with Crippen molar-refractivity contribution in [3.8, 4) is 11.8 Å². The standard InChI is InChI=1S/C23H20F3N3O3S/c1-22(2)20(30)28(16-4-3-14(12-27)19(11-16)23(24,25)26)21(33)29(22)15-5-7-17(8-6-15)32-18-9-10-31-13-18/h3-8,11,18H,9-10,13H2,1-2H3/t18-/m0/s1. The lowest BCUT2D eigenvalue weighted by molar-refractivity contribution is -0.137. The van der Waals surface area contributed by atoms with E-state index in [1.807, 2.05) is 0 Å². The van der Waals surface area contributed by atoms with E-state index in [0.29, 0.717) is 24.7 Å². The second-order valence-corrected chi connectivity index (χ2v) is 8.62. The van der Waals surface area contributed by atoms with Crippen LogP contribution in [0.3, 0.4) is 0 Å². The Morgan fingerprint density at radius 1 is 1.18 bits per heavy atom. The fraction of sp³-hybridized carbons (Fsp3) is 0.348. The number of amides is 1. The van der Waals surface area contributed by atoms with E-state index in [1.54, 1.807) is 43.0 Å². The number of nitriles is 1. The molecule has 2 heterocycles. The minimum absolute atomic E-state index is 0.0172. The van der Waals surface area contributed by atoms with E-state index in [1.165, 1.54) is 12.1 Å². The molecule has 1 atom stereocenters. The second kappa shape index (κ2) is 8.32. The molecular formula is C23H20F3N3O3S. The Labute approximate surface area is 194 Å². The molecule has 2 aromatic carbocycles. The van der Waals surface area contributed by atoms with Gasteiger partial charge in [0.1, 0.15) is 17.4 Å². The molecule has 2 fully saturated rings. The summed E-state index contributed by atoms with van der Waals surface area (Å²) in [7, 11) is 0. The number of anilines is 2. The number of carbonyl (C=O) groups excluding carboxylic acids is 1. The van der Waals surface area contributed by atoms with Gasteiger partial charge in [0.15, 0.2) is 5.11 Å². The van der Waals surface area contributed by atoms with E-state index < -0.39 is 28.7 Å². The molecule has 172 valence electrons. The van der Waals surface area contributed by atoms with Crippen molar-refractivity contribution >= 4 is 34.6 Å². The van der Waals surface area contributed by atoms with Crippen molar-refractivity contribution in [2.45, 2.75) is 38.1 Å². The predicted octanol–water partition coefficient (Wildman–Crippen LogP) is 4.66. The number of alkyl halides is 3. The van der Waals surface area contributed by atoms with Crippen molar-refractivity contribution in [3.05, 3.63) is 53.6 Å². The van der Waals surface area contributed by atoms with Crippen LogP contribution in [0.4, 0.5) is 24.5 Å². The van der Waals surface area contributed by atoms with Crippen LogP contribution in [-0.2, 0) is 15.7 Å². The molecule has 0 aliphatic carbocycles. The van der Waals surface area contributed by atoms with E-state index in [9.17, 15) is 18.0 Å². The molecule has 0 spiro atoms. The van der Waals surface area contributed by atoms with E-state index in [-0.39, 0.29) is 16.9 Å². The number of halogens is 3. The fourth-order valence-electron chi connectivity index (χ4n) is 3.93. The van der Waals surface area contributed by atoms with Gasteiger partial charge in [-0.1, -0.05) is 0 Å². The Balaban J connectivity index is 1.66. The Hall–Kier alpha value is -3.16. The van der Waals surface area contributed by atoms with Gasteiger partial charge in [-0.15, -0.1) is 0 Å². The molecule has 0 radical (unpaired) electrons. The van der Waals surface area contributed by atoms with Gasteiger partial charge < -0.3 is 14.4 Å². The summed E-state index contributed by atoms with van der Waals surface area (Å²) in [4.78, 5) is 15.9. The van der Waals surface area contributed by atoms with Gasteiger partial charge in [0.05, 0.1) is 36.1 Å². The summed E-state index contributed by atoms with van der Waals surface area (Å²) in [6.45, 7) is 4.48. The Morgan fingerprint density at radius 3 is 2.42 bits per heavy atom. The van der Waals surface area contributed by atoms with Gasteiger partial charge in [-0.25, -0.2) is 0 Å². The number of nitrogens with zero attached hydrogens (tertiary/aromatic N) is 3. The Kier molecular flexibility index (Phi) is 5.80. The van der Waals surface area contributed by atoms with Crippen molar-refractivity contribution < 1.29 is 27.4 Å². The number of benzene rings is 2. The summed E-state index contributed by atoms with van der Waals surface area (Å²) in [6, 6.07) is 11.7. The van der Waals surface area contributed by atoms with Crippen LogP contribution in [0, 0.1) is 11.3 Å². The first kappa shape index (κ1) is 23.0. The van der Waals surface area contributed by atoms with Crippen LogP contribution >= 0.6 is 12.2 Å². The normalized spacial score (nSPS) is 20.3. The Bertz CT molecular complexity index is 1140. The second-order valence-electron chi connectivity index (χ2n) is 8.25. The molecule has 0 unspecified atom stereocenters. The van der Waals surface area contributed by atoms with Crippen LogP contribution in [0.5, 0.6) is 5.75 Å². The SMILES string of the molecule is CC1(C)C(=O)N(c2ccc(C#N)c(C(F)(F)F)c2)C(=S)N1c1ccc(O[C@H]2CCOC2)cc1. The molecule has 2 saturated heterocycles. The van der Waals surface area contributed by atoms with Crippen molar-refractivity contribution in [2.75, 3.05) is 23.0 Å². The highest BCUT2D eigenvalue weighted by molar-refractivity contribution is 7.81. The minimum atomic E-state index is -4.75. The first-order chi connectivity index (χ1) is 15.5. The first-order valence-corrected chi connectivity index (χ1v) is 10.6. The molecule has 33 heavy (non-hydrogen) atoms. The molecule has 4 rings (SSSR count). The van der Waals surface area contributed by atoms with Crippen LogP contribution in [0.1, 0.15) is 31.4 Å². The predicted molar refractivity (Wildman–Crippen MR) is 119 cm³/mol. The maximum absolute atomic E-state index is 13.5. The van der Waals surface area contributed by atoms with Gasteiger partial charge in [-0.05, 0) is 68.5 Å². The van der Waals surface area contributed by atoms with Gasteiger partial charge in [-0.3, -0.25) is 9.69 Å². The molecule has 6 nitrogen and oxygen atoms in total. The number of carbonyl (C=O) groups is 1. The zero-order chi connectivity index (χ0) is 24.0. The fourth-order valence-corrected chi connectivity index (χ4v) is 4.45.